The van der Waals surface area contributed by atoms with Crippen LogP contribution in [-0.2, 0) is 23.1 Å². The van der Waals surface area contributed by atoms with Crippen molar-refractivity contribution >= 4 is 10.2 Å². The van der Waals surface area contributed by atoms with Crippen LogP contribution in [0.1, 0.15) is 36.8 Å². The van der Waals surface area contributed by atoms with Crippen molar-refractivity contribution in [1.82, 2.24) is 8.61 Å². The topological polar surface area (TPSA) is 74.5 Å². The first-order chi connectivity index (χ1) is 14.0. The summed E-state index contributed by atoms with van der Waals surface area (Å²) in [4.78, 5) is 1.24. The van der Waals surface area contributed by atoms with Crippen LogP contribution >= 0.6 is 0 Å². The zero-order valence-corrected chi connectivity index (χ0v) is 18.0. The van der Waals surface area contributed by atoms with Gasteiger partial charge < -0.3 is 14.7 Å². The molecule has 29 heavy (non-hydrogen) atoms. The molecule has 0 spiro atoms. The highest BCUT2D eigenvalue weighted by atomic mass is 32.2. The average molecular weight is 425 g/mol. The minimum Gasteiger partial charge on any atom is -0.491 e. The number of quaternary nitrogens is 1. The van der Waals surface area contributed by atoms with Crippen molar-refractivity contribution < 1.29 is 23.2 Å². The third kappa shape index (κ3) is 5.11. The minimum absolute atomic E-state index is 0.276. The van der Waals surface area contributed by atoms with E-state index in [2.05, 4.69) is 12.1 Å². The van der Waals surface area contributed by atoms with Crippen LogP contribution in [0, 0.1) is 0 Å². The number of hydrogen-bond donors (Lipinski definition) is 2. The van der Waals surface area contributed by atoms with Gasteiger partial charge in [0.05, 0.1) is 26.2 Å². The zero-order valence-electron chi connectivity index (χ0n) is 17.2. The lowest BCUT2D eigenvalue weighted by Crippen LogP contribution is -3.16. The maximum Gasteiger partial charge on any atom is 0.282 e. The summed E-state index contributed by atoms with van der Waals surface area (Å²) in [5, 5.41) is 10.4. The Morgan fingerprint density at radius 3 is 2.41 bits per heavy atom. The third-order valence-electron chi connectivity index (χ3n) is 6.43. The molecule has 0 unspecified atom stereocenters. The maximum absolute atomic E-state index is 12.8. The summed E-state index contributed by atoms with van der Waals surface area (Å²) in [6, 6.07) is 6.23. The predicted octanol–water partition coefficient (Wildman–Crippen LogP) is -0.154. The molecule has 2 aliphatic heterocycles. The molecule has 0 bridgehead atoms. The fourth-order valence-electron chi connectivity index (χ4n) is 4.72. The van der Waals surface area contributed by atoms with Gasteiger partial charge in [0.25, 0.3) is 10.2 Å². The SMILES string of the molecule is O=S(=O)(N1CCCCC1)N1CC[NH+](C[C@@H](O)COc2ccc3c(c2)CCC3)CC1. The summed E-state index contributed by atoms with van der Waals surface area (Å²) in [6.07, 6.45) is 5.97. The highest BCUT2D eigenvalue weighted by Crippen LogP contribution is 2.26. The van der Waals surface area contributed by atoms with Crippen molar-refractivity contribution in [3.63, 3.8) is 0 Å². The van der Waals surface area contributed by atoms with Crippen molar-refractivity contribution in [1.29, 1.82) is 0 Å². The number of aliphatic hydroxyl groups is 1. The van der Waals surface area contributed by atoms with Gasteiger partial charge in [0.1, 0.15) is 25.0 Å². The smallest absolute Gasteiger partial charge is 0.282 e. The second-order valence-electron chi connectivity index (χ2n) is 8.57. The van der Waals surface area contributed by atoms with Gasteiger partial charge in [-0.3, -0.25) is 0 Å². The van der Waals surface area contributed by atoms with E-state index < -0.39 is 16.3 Å². The Labute approximate surface area is 174 Å². The molecule has 2 heterocycles. The Kier molecular flexibility index (Phi) is 6.76. The van der Waals surface area contributed by atoms with Crippen molar-refractivity contribution in [2.45, 2.75) is 44.6 Å². The van der Waals surface area contributed by atoms with E-state index in [0.29, 0.717) is 32.7 Å². The number of piperidine rings is 1. The van der Waals surface area contributed by atoms with Crippen molar-refractivity contribution in [2.24, 2.45) is 0 Å². The zero-order chi connectivity index (χ0) is 20.3. The standard InChI is InChI=1S/C21H33N3O4S/c25-20(17-28-21-8-7-18-5-4-6-19(18)15-21)16-22-11-13-24(14-12-22)29(26,27)23-9-2-1-3-10-23/h7-8,15,20,25H,1-6,9-14,16-17H2/p+1/t20-/m1/s1. The van der Waals surface area contributed by atoms with E-state index in [4.69, 9.17) is 4.74 Å². The summed E-state index contributed by atoms with van der Waals surface area (Å²) in [6.45, 7) is 4.65. The molecule has 1 atom stereocenters. The maximum atomic E-state index is 12.8. The van der Waals surface area contributed by atoms with E-state index in [1.807, 2.05) is 6.07 Å². The molecule has 1 aromatic rings. The van der Waals surface area contributed by atoms with Crippen molar-refractivity contribution in [3.8, 4) is 5.75 Å². The molecule has 2 N–H and O–H groups in total. The van der Waals surface area contributed by atoms with E-state index in [0.717, 1.165) is 50.9 Å². The predicted molar refractivity (Wildman–Crippen MR) is 111 cm³/mol. The van der Waals surface area contributed by atoms with Gasteiger partial charge in [-0.05, 0) is 55.4 Å². The van der Waals surface area contributed by atoms with Crippen LogP contribution in [0.4, 0.5) is 0 Å². The minimum atomic E-state index is -3.32. The molecule has 4 rings (SSSR count). The molecule has 0 saturated carbocycles. The Bertz CT molecular complexity index is 787. The molecule has 0 aromatic heterocycles. The lowest BCUT2D eigenvalue weighted by atomic mass is 10.1. The Hall–Kier alpha value is -1.19. The number of ether oxygens (including phenoxy) is 1. The molecule has 3 aliphatic rings. The first-order valence-electron chi connectivity index (χ1n) is 11.0. The number of nitrogens with zero attached hydrogens (tertiary/aromatic N) is 2. The Morgan fingerprint density at radius 2 is 1.66 bits per heavy atom. The number of rotatable bonds is 7. The van der Waals surface area contributed by atoms with Gasteiger partial charge in [-0.25, -0.2) is 0 Å². The second-order valence-corrected chi connectivity index (χ2v) is 10.5. The lowest BCUT2D eigenvalue weighted by Gasteiger charge is -2.36. The Morgan fingerprint density at radius 1 is 0.966 bits per heavy atom. The largest absolute Gasteiger partial charge is 0.491 e. The lowest BCUT2D eigenvalue weighted by molar-refractivity contribution is -0.906. The number of aryl methyl sites for hydroxylation is 2. The Balaban J connectivity index is 1.21. The van der Waals surface area contributed by atoms with Gasteiger partial charge in [-0.2, -0.15) is 17.0 Å². The first-order valence-corrected chi connectivity index (χ1v) is 12.4. The molecule has 7 nitrogen and oxygen atoms in total. The molecule has 8 heteroatoms. The number of fused-ring (bicyclic) bond motifs is 1. The summed E-state index contributed by atoms with van der Waals surface area (Å²) < 4.78 is 34.6. The van der Waals surface area contributed by atoms with Crippen LogP contribution in [-0.4, -0.2) is 80.7 Å². The van der Waals surface area contributed by atoms with Gasteiger partial charge in [0, 0.05) is 13.1 Å². The van der Waals surface area contributed by atoms with E-state index in [1.54, 1.807) is 8.61 Å². The van der Waals surface area contributed by atoms with Crippen LogP contribution in [0.3, 0.4) is 0 Å². The molecule has 1 aliphatic carbocycles. The number of aliphatic hydroxyl groups excluding tert-OH is 1. The first kappa shape index (κ1) is 21.1. The molecule has 1 aromatic carbocycles. The summed E-state index contributed by atoms with van der Waals surface area (Å²) >= 11 is 0. The molecular formula is C21H34N3O4S+. The van der Waals surface area contributed by atoms with Gasteiger partial charge >= 0.3 is 0 Å². The number of hydrogen-bond acceptors (Lipinski definition) is 4. The molecule has 2 saturated heterocycles. The third-order valence-corrected chi connectivity index (χ3v) is 8.47. The summed E-state index contributed by atoms with van der Waals surface area (Å²) in [5.74, 6) is 0.831. The average Bonchev–Trinajstić information content (AvgIpc) is 3.21. The monoisotopic (exact) mass is 424 g/mol. The molecule has 162 valence electrons. The fourth-order valence-corrected chi connectivity index (χ4v) is 6.41. The summed E-state index contributed by atoms with van der Waals surface area (Å²) in [5.41, 5.74) is 2.79. The fraction of sp³-hybridized carbons (Fsp3) is 0.714. The number of benzene rings is 1. The number of piperazine rings is 1. The van der Waals surface area contributed by atoms with Crippen molar-refractivity contribution in [2.75, 3.05) is 52.4 Å². The van der Waals surface area contributed by atoms with E-state index >= 15 is 0 Å². The van der Waals surface area contributed by atoms with Crippen LogP contribution < -0.4 is 9.64 Å². The molecule has 2 fully saturated rings. The molecular weight excluding hydrogens is 390 g/mol. The normalized spacial score (nSPS) is 23.1. The number of nitrogens with one attached hydrogen (secondary N) is 1. The molecule has 0 amide bonds. The van der Waals surface area contributed by atoms with E-state index in [-0.39, 0.29) is 6.61 Å². The van der Waals surface area contributed by atoms with E-state index in [1.165, 1.54) is 22.4 Å². The van der Waals surface area contributed by atoms with Crippen molar-refractivity contribution in [3.05, 3.63) is 29.3 Å². The van der Waals surface area contributed by atoms with Crippen LogP contribution in [0.2, 0.25) is 0 Å². The second kappa shape index (κ2) is 9.31. The van der Waals surface area contributed by atoms with Crippen LogP contribution in [0.25, 0.3) is 0 Å². The van der Waals surface area contributed by atoms with Crippen LogP contribution in [0.5, 0.6) is 5.75 Å². The van der Waals surface area contributed by atoms with Gasteiger partial charge in [-0.15, -0.1) is 0 Å². The molecule has 0 radical (unpaired) electrons. The highest BCUT2D eigenvalue weighted by Gasteiger charge is 2.34. The van der Waals surface area contributed by atoms with E-state index in [9.17, 15) is 13.5 Å². The van der Waals surface area contributed by atoms with Crippen LogP contribution in [0.15, 0.2) is 18.2 Å². The quantitative estimate of drug-likeness (QED) is 0.638. The highest BCUT2D eigenvalue weighted by molar-refractivity contribution is 7.86. The summed E-state index contributed by atoms with van der Waals surface area (Å²) in [7, 11) is -3.32. The van der Waals surface area contributed by atoms with Gasteiger partial charge in [0.15, 0.2) is 0 Å². The van der Waals surface area contributed by atoms with Gasteiger partial charge in [-0.1, -0.05) is 12.5 Å². The van der Waals surface area contributed by atoms with Gasteiger partial charge in [0.2, 0.25) is 0 Å².